The number of rotatable bonds is 3. The minimum absolute atomic E-state index is 0.241. The maximum Gasteiger partial charge on any atom is 0.496 e. The number of nitrogens with one attached hydrogen (secondary N) is 1. The summed E-state index contributed by atoms with van der Waals surface area (Å²) in [6.45, 7) is 10.2. The summed E-state index contributed by atoms with van der Waals surface area (Å²) < 4.78 is 12.0. The normalized spacial score (nSPS) is 19.3. The summed E-state index contributed by atoms with van der Waals surface area (Å²) in [7, 11) is -0.633. The molecular weight excluding hydrogens is 302 g/mol. The van der Waals surface area contributed by atoms with Crippen molar-refractivity contribution >= 4 is 35.8 Å². The molecule has 1 aliphatic heterocycles. The first kappa shape index (κ1) is 17.1. The molecular formula is C15H22BClN2O3. The molecule has 0 aliphatic carbocycles. The van der Waals surface area contributed by atoms with E-state index in [4.69, 9.17) is 26.6 Å². The first-order chi connectivity index (χ1) is 10.1. The van der Waals surface area contributed by atoms with Crippen LogP contribution in [0.1, 0.15) is 45.0 Å². The maximum atomic E-state index is 12.1. The Kier molecular flexibility index (Phi) is 4.48. The first-order valence-corrected chi connectivity index (χ1v) is 7.69. The molecule has 0 atom stereocenters. The van der Waals surface area contributed by atoms with E-state index >= 15 is 0 Å². The summed E-state index contributed by atoms with van der Waals surface area (Å²) in [5, 5.41) is 3.15. The molecule has 3 N–H and O–H groups in total. The van der Waals surface area contributed by atoms with Gasteiger partial charge in [0, 0.05) is 22.7 Å². The van der Waals surface area contributed by atoms with E-state index in [1.165, 1.54) is 0 Å². The molecule has 1 heterocycles. The molecule has 0 unspecified atom stereocenters. The molecule has 1 aliphatic rings. The average molecular weight is 325 g/mol. The molecule has 1 amide bonds. The Morgan fingerprint density at radius 2 is 1.82 bits per heavy atom. The molecule has 1 saturated heterocycles. The largest absolute Gasteiger partial charge is 0.496 e. The lowest BCUT2D eigenvalue weighted by Crippen LogP contribution is -2.41. The van der Waals surface area contributed by atoms with Crippen LogP contribution in [0.15, 0.2) is 12.1 Å². The van der Waals surface area contributed by atoms with Gasteiger partial charge in [0.05, 0.1) is 16.8 Å². The van der Waals surface area contributed by atoms with Gasteiger partial charge in [-0.2, -0.15) is 0 Å². The van der Waals surface area contributed by atoms with Crippen LogP contribution in [0.3, 0.4) is 0 Å². The number of amides is 1. The lowest BCUT2D eigenvalue weighted by Gasteiger charge is -2.32. The van der Waals surface area contributed by atoms with E-state index in [2.05, 4.69) is 5.32 Å². The standard InChI is InChI=1S/C15H22BClN2O3/c1-6-19-13(20)9-7-10(11(17)8-12(9)18)16-21-14(2,3)15(4,5)22-16/h7-8H,6,18H2,1-5H3,(H,19,20). The summed E-state index contributed by atoms with van der Waals surface area (Å²) in [5.74, 6) is -0.241. The molecule has 22 heavy (non-hydrogen) atoms. The van der Waals surface area contributed by atoms with Crippen LogP contribution in [-0.4, -0.2) is 30.8 Å². The second kappa shape index (κ2) is 5.76. The summed E-state index contributed by atoms with van der Waals surface area (Å²) >= 11 is 6.28. The van der Waals surface area contributed by atoms with Gasteiger partial charge in [-0.3, -0.25) is 4.79 Å². The molecule has 2 rings (SSSR count). The zero-order valence-electron chi connectivity index (χ0n) is 13.6. The van der Waals surface area contributed by atoms with Crippen LogP contribution in [0.5, 0.6) is 0 Å². The van der Waals surface area contributed by atoms with E-state index in [0.29, 0.717) is 28.3 Å². The van der Waals surface area contributed by atoms with Crippen molar-refractivity contribution in [3.8, 4) is 0 Å². The Labute approximate surface area is 136 Å². The lowest BCUT2D eigenvalue weighted by atomic mass is 9.78. The summed E-state index contributed by atoms with van der Waals surface area (Å²) in [5.41, 5.74) is 6.25. The molecule has 0 radical (unpaired) electrons. The number of halogens is 1. The fourth-order valence-corrected chi connectivity index (χ4v) is 2.47. The van der Waals surface area contributed by atoms with Crippen molar-refractivity contribution in [3.05, 3.63) is 22.7 Å². The number of nitrogens with two attached hydrogens (primary N) is 1. The van der Waals surface area contributed by atoms with E-state index in [1.807, 2.05) is 34.6 Å². The molecule has 5 nitrogen and oxygen atoms in total. The van der Waals surface area contributed by atoms with Gasteiger partial charge >= 0.3 is 7.12 Å². The lowest BCUT2D eigenvalue weighted by molar-refractivity contribution is 0.00578. The number of nitrogen functional groups attached to an aromatic ring is 1. The van der Waals surface area contributed by atoms with Gasteiger partial charge in [0.1, 0.15) is 0 Å². The molecule has 7 heteroatoms. The van der Waals surface area contributed by atoms with Crippen molar-refractivity contribution in [1.82, 2.24) is 5.32 Å². The number of hydrogen-bond donors (Lipinski definition) is 2. The molecule has 0 bridgehead atoms. The zero-order valence-corrected chi connectivity index (χ0v) is 14.4. The highest BCUT2D eigenvalue weighted by molar-refractivity contribution is 6.65. The van der Waals surface area contributed by atoms with E-state index in [0.717, 1.165) is 0 Å². The van der Waals surface area contributed by atoms with Crippen LogP contribution in [0.4, 0.5) is 5.69 Å². The van der Waals surface area contributed by atoms with E-state index in [-0.39, 0.29) is 5.91 Å². The Hall–Kier alpha value is -1.24. The van der Waals surface area contributed by atoms with E-state index in [9.17, 15) is 4.79 Å². The van der Waals surface area contributed by atoms with Crippen LogP contribution < -0.4 is 16.5 Å². The fraction of sp³-hybridized carbons (Fsp3) is 0.533. The molecule has 120 valence electrons. The highest BCUT2D eigenvalue weighted by Crippen LogP contribution is 2.37. The molecule has 1 fully saturated rings. The highest BCUT2D eigenvalue weighted by atomic mass is 35.5. The van der Waals surface area contributed by atoms with Crippen molar-refractivity contribution in [2.45, 2.75) is 45.8 Å². The van der Waals surface area contributed by atoms with Crippen LogP contribution in [0.2, 0.25) is 5.02 Å². The number of carbonyl (C=O) groups excluding carboxylic acids is 1. The van der Waals surface area contributed by atoms with Crippen LogP contribution in [-0.2, 0) is 9.31 Å². The van der Waals surface area contributed by atoms with E-state index in [1.54, 1.807) is 12.1 Å². The quantitative estimate of drug-likeness (QED) is 0.658. The van der Waals surface area contributed by atoms with Gasteiger partial charge in [-0.1, -0.05) is 11.6 Å². The second-order valence-corrected chi connectivity index (χ2v) is 6.82. The molecule has 1 aromatic carbocycles. The Morgan fingerprint density at radius 1 is 1.27 bits per heavy atom. The van der Waals surface area contributed by atoms with Crippen molar-refractivity contribution < 1.29 is 14.1 Å². The average Bonchev–Trinajstić information content (AvgIpc) is 2.58. The predicted molar refractivity (Wildman–Crippen MR) is 89.6 cm³/mol. The maximum absolute atomic E-state index is 12.1. The Morgan fingerprint density at radius 3 is 2.32 bits per heavy atom. The summed E-state index contributed by atoms with van der Waals surface area (Å²) in [6.07, 6.45) is 0. The van der Waals surface area contributed by atoms with Crippen molar-refractivity contribution in [1.29, 1.82) is 0 Å². The van der Waals surface area contributed by atoms with Crippen LogP contribution in [0, 0.1) is 0 Å². The van der Waals surface area contributed by atoms with Gasteiger partial charge in [0.15, 0.2) is 0 Å². The van der Waals surface area contributed by atoms with Gasteiger partial charge in [-0.15, -0.1) is 0 Å². The van der Waals surface area contributed by atoms with Crippen molar-refractivity contribution in [2.24, 2.45) is 0 Å². The molecule has 0 spiro atoms. The minimum atomic E-state index is -0.633. The summed E-state index contributed by atoms with van der Waals surface area (Å²) in [4.78, 5) is 12.1. The van der Waals surface area contributed by atoms with Crippen molar-refractivity contribution in [3.63, 3.8) is 0 Å². The topological polar surface area (TPSA) is 73.6 Å². The third kappa shape index (κ3) is 2.96. The number of anilines is 1. The number of hydrogen-bond acceptors (Lipinski definition) is 4. The molecule has 0 saturated carbocycles. The SMILES string of the molecule is CCNC(=O)c1cc(B2OC(C)(C)C(C)(C)O2)c(Cl)cc1N. The Bertz CT molecular complexity index is 589. The van der Waals surface area contributed by atoms with Crippen LogP contribution in [0.25, 0.3) is 0 Å². The van der Waals surface area contributed by atoms with Crippen LogP contribution >= 0.6 is 11.6 Å². The number of benzene rings is 1. The molecule has 0 aromatic heterocycles. The highest BCUT2D eigenvalue weighted by Gasteiger charge is 2.52. The zero-order chi connectivity index (χ0) is 16.7. The monoisotopic (exact) mass is 324 g/mol. The first-order valence-electron chi connectivity index (χ1n) is 7.32. The second-order valence-electron chi connectivity index (χ2n) is 6.41. The van der Waals surface area contributed by atoms with E-state index < -0.39 is 18.3 Å². The smallest absolute Gasteiger partial charge is 0.399 e. The van der Waals surface area contributed by atoms with Gasteiger partial charge < -0.3 is 20.4 Å². The minimum Gasteiger partial charge on any atom is -0.399 e. The Balaban J connectivity index is 2.41. The summed E-state index contributed by atoms with van der Waals surface area (Å²) in [6, 6.07) is 3.21. The third-order valence-electron chi connectivity index (χ3n) is 4.26. The van der Waals surface area contributed by atoms with Gasteiger partial charge in [-0.25, -0.2) is 0 Å². The fourth-order valence-electron chi connectivity index (χ4n) is 2.21. The third-order valence-corrected chi connectivity index (χ3v) is 4.59. The van der Waals surface area contributed by atoms with Gasteiger partial charge in [0.25, 0.3) is 5.91 Å². The van der Waals surface area contributed by atoms with Gasteiger partial charge in [-0.05, 0) is 46.8 Å². The van der Waals surface area contributed by atoms with Gasteiger partial charge in [0.2, 0.25) is 0 Å². The van der Waals surface area contributed by atoms with Crippen molar-refractivity contribution in [2.75, 3.05) is 12.3 Å². The molecule has 1 aromatic rings. The number of carbonyl (C=O) groups is 1. The predicted octanol–water partition coefficient (Wildman–Crippen LogP) is 1.97.